The van der Waals surface area contributed by atoms with E-state index in [0.29, 0.717) is 12.5 Å². The number of nitrogens with one attached hydrogen (secondary N) is 1. The Morgan fingerprint density at radius 2 is 2.35 bits per heavy atom. The van der Waals surface area contributed by atoms with E-state index in [4.69, 9.17) is 0 Å². The average molecular weight is 281 g/mol. The number of nitro groups is 1. The van der Waals surface area contributed by atoms with Crippen molar-refractivity contribution in [2.75, 3.05) is 31.5 Å². The van der Waals surface area contributed by atoms with Gasteiger partial charge in [-0.25, -0.2) is 4.39 Å². The lowest BCUT2D eigenvalue weighted by atomic mass is 10.0. The number of nitro benzene ring substituents is 1. The van der Waals surface area contributed by atoms with Gasteiger partial charge in [-0.05, 0) is 31.4 Å². The van der Waals surface area contributed by atoms with Gasteiger partial charge >= 0.3 is 0 Å². The number of rotatable bonds is 5. The van der Waals surface area contributed by atoms with Gasteiger partial charge in [0.2, 0.25) is 0 Å². The third kappa shape index (κ3) is 3.90. The Morgan fingerprint density at radius 1 is 1.55 bits per heavy atom. The molecule has 0 aliphatic carbocycles. The highest BCUT2D eigenvalue weighted by molar-refractivity contribution is 5.61. The van der Waals surface area contributed by atoms with Crippen molar-refractivity contribution in [3.05, 3.63) is 34.1 Å². The van der Waals surface area contributed by atoms with Gasteiger partial charge < -0.3 is 10.2 Å². The summed E-state index contributed by atoms with van der Waals surface area (Å²) in [6.45, 7) is 5.76. The van der Waals surface area contributed by atoms with Crippen LogP contribution >= 0.6 is 0 Å². The van der Waals surface area contributed by atoms with Gasteiger partial charge in [-0.2, -0.15) is 0 Å². The van der Waals surface area contributed by atoms with Crippen LogP contribution in [0.15, 0.2) is 18.2 Å². The van der Waals surface area contributed by atoms with E-state index in [0.717, 1.165) is 25.7 Å². The molecule has 1 aliphatic rings. The largest absolute Gasteiger partial charge is 0.378 e. The summed E-state index contributed by atoms with van der Waals surface area (Å²) in [6, 6.07) is 3.48. The van der Waals surface area contributed by atoms with Gasteiger partial charge in [-0.3, -0.25) is 10.1 Å². The smallest absolute Gasteiger partial charge is 0.292 e. The monoisotopic (exact) mass is 281 g/mol. The molecule has 0 aromatic heterocycles. The standard InChI is InChI=1S/C14H20FN3O2/c1-11-3-2-7-17(10-11)8-6-16-13-9-12(15)4-5-14(13)18(19)20/h4-5,9,11,16H,2-3,6-8,10H2,1H3. The van der Waals surface area contributed by atoms with Crippen molar-refractivity contribution >= 4 is 11.4 Å². The fraction of sp³-hybridized carbons (Fsp3) is 0.571. The molecular formula is C14H20FN3O2. The fourth-order valence-corrected chi connectivity index (χ4v) is 2.65. The minimum absolute atomic E-state index is 0.0848. The summed E-state index contributed by atoms with van der Waals surface area (Å²) in [5.74, 6) is 0.233. The lowest BCUT2D eigenvalue weighted by molar-refractivity contribution is -0.384. The van der Waals surface area contributed by atoms with Crippen molar-refractivity contribution in [3.63, 3.8) is 0 Å². The summed E-state index contributed by atoms with van der Waals surface area (Å²) in [5.41, 5.74) is 0.165. The van der Waals surface area contributed by atoms with Crippen LogP contribution < -0.4 is 5.32 Å². The van der Waals surface area contributed by atoms with Gasteiger partial charge in [-0.15, -0.1) is 0 Å². The van der Waals surface area contributed by atoms with Crippen LogP contribution in [0.1, 0.15) is 19.8 Å². The van der Waals surface area contributed by atoms with Crippen LogP contribution in [0.3, 0.4) is 0 Å². The summed E-state index contributed by atoms with van der Waals surface area (Å²) < 4.78 is 13.2. The van der Waals surface area contributed by atoms with Crippen molar-refractivity contribution in [3.8, 4) is 0 Å². The summed E-state index contributed by atoms with van der Waals surface area (Å²) in [4.78, 5) is 12.7. The predicted molar refractivity (Wildman–Crippen MR) is 76.4 cm³/mol. The zero-order chi connectivity index (χ0) is 14.5. The van der Waals surface area contributed by atoms with E-state index >= 15 is 0 Å². The molecule has 110 valence electrons. The minimum atomic E-state index is -0.495. The van der Waals surface area contributed by atoms with Crippen molar-refractivity contribution in [1.29, 1.82) is 0 Å². The fourth-order valence-electron chi connectivity index (χ4n) is 2.65. The maximum absolute atomic E-state index is 13.2. The van der Waals surface area contributed by atoms with Crippen LogP contribution in [0.2, 0.25) is 0 Å². The second-order valence-electron chi connectivity index (χ2n) is 5.39. The number of nitrogens with zero attached hydrogens (tertiary/aromatic N) is 2. The maximum atomic E-state index is 13.2. The molecule has 1 aliphatic heterocycles. The molecule has 1 atom stereocenters. The second kappa shape index (κ2) is 6.65. The van der Waals surface area contributed by atoms with Crippen LogP contribution in [0.25, 0.3) is 0 Å². The summed E-state index contributed by atoms with van der Waals surface area (Å²) in [5, 5.41) is 13.8. The van der Waals surface area contributed by atoms with Gasteiger partial charge in [0.1, 0.15) is 11.5 Å². The van der Waals surface area contributed by atoms with Gasteiger partial charge in [-0.1, -0.05) is 6.92 Å². The molecule has 1 saturated heterocycles. The summed E-state index contributed by atoms with van der Waals surface area (Å²) in [6.07, 6.45) is 2.46. The second-order valence-corrected chi connectivity index (χ2v) is 5.39. The van der Waals surface area contributed by atoms with Gasteiger partial charge in [0.15, 0.2) is 0 Å². The van der Waals surface area contributed by atoms with Crippen molar-refractivity contribution in [1.82, 2.24) is 4.90 Å². The number of piperidine rings is 1. The van der Waals surface area contributed by atoms with Gasteiger partial charge in [0, 0.05) is 31.8 Å². The van der Waals surface area contributed by atoms with E-state index in [1.165, 1.54) is 25.0 Å². The highest BCUT2D eigenvalue weighted by Crippen LogP contribution is 2.24. The highest BCUT2D eigenvalue weighted by atomic mass is 19.1. The molecule has 0 saturated carbocycles. The van der Waals surface area contributed by atoms with Crippen molar-refractivity contribution < 1.29 is 9.31 Å². The lowest BCUT2D eigenvalue weighted by Crippen LogP contribution is -2.37. The molecule has 2 rings (SSSR count). The highest BCUT2D eigenvalue weighted by Gasteiger charge is 2.17. The molecule has 0 spiro atoms. The molecule has 1 fully saturated rings. The summed E-state index contributed by atoms with van der Waals surface area (Å²) in [7, 11) is 0. The van der Waals surface area contributed by atoms with Crippen molar-refractivity contribution in [2.45, 2.75) is 19.8 Å². The number of benzene rings is 1. The number of likely N-dealkylation sites (tertiary alicyclic amines) is 1. The zero-order valence-electron chi connectivity index (χ0n) is 11.6. The summed E-state index contributed by atoms with van der Waals surface area (Å²) >= 11 is 0. The predicted octanol–water partition coefficient (Wildman–Crippen LogP) is 2.88. The van der Waals surface area contributed by atoms with Crippen LogP contribution in [-0.2, 0) is 0 Å². The Bertz CT molecular complexity index is 481. The topological polar surface area (TPSA) is 58.4 Å². The van der Waals surface area contributed by atoms with Crippen LogP contribution in [0, 0.1) is 21.8 Å². The van der Waals surface area contributed by atoms with Crippen LogP contribution in [0.5, 0.6) is 0 Å². The van der Waals surface area contributed by atoms with Crippen LogP contribution in [-0.4, -0.2) is 36.0 Å². The van der Waals surface area contributed by atoms with Crippen LogP contribution in [0.4, 0.5) is 15.8 Å². The number of halogens is 1. The minimum Gasteiger partial charge on any atom is -0.378 e. The maximum Gasteiger partial charge on any atom is 0.292 e. The SMILES string of the molecule is CC1CCCN(CCNc2cc(F)ccc2[N+](=O)[O-])C1. The molecule has 1 aromatic rings. The Morgan fingerprint density at radius 3 is 3.05 bits per heavy atom. The molecule has 1 aromatic carbocycles. The Labute approximate surface area is 117 Å². The third-order valence-electron chi connectivity index (χ3n) is 3.64. The molecule has 6 heteroatoms. The number of hydrogen-bond acceptors (Lipinski definition) is 4. The first-order chi connectivity index (χ1) is 9.56. The van der Waals surface area contributed by atoms with Crippen molar-refractivity contribution in [2.24, 2.45) is 5.92 Å². The van der Waals surface area contributed by atoms with E-state index in [-0.39, 0.29) is 11.4 Å². The molecule has 0 bridgehead atoms. The Kier molecular flexibility index (Phi) is 4.89. The normalized spacial score (nSPS) is 19.8. The molecular weight excluding hydrogens is 261 g/mol. The van der Waals surface area contributed by atoms with E-state index in [2.05, 4.69) is 17.1 Å². The average Bonchev–Trinajstić information content (AvgIpc) is 2.38. The first-order valence-electron chi connectivity index (χ1n) is 6.96. The Balaban J connectivity index is 1.90. The first-order valence-corrected chi connectivity index (χ1v) is 6.96. The van der Waals surface area contributed by atoms with E-state index in [9.17, 15) is 14.5 Å². The van der Waals surface area contributed by atoms with E-state index in [1.54, 1.807) is 0 Å². The molecule has 5 nitrogen and oxygen atoms in total. The number of anilines is 1. The molecule has 0 radical (unpaired) electrons. The third-order valence-corrected chi connectivity index (χ3v) is 3.64. The molecule has 1 unspecified atom stereocenters. The molecule has 0 amide bonds. The number of hydrogen-bond donors (Lipinski definition) is 1. The molecule has 20 heavy (non-hydrogen) atoms. The van der Waals surface area contributed by atoms with Gasteiger partial charge in [0.25, 0.3) is 5.69 Å². The van der Waals surface area contributed by atoms with E-state index < -0.39 is 10.7 Å². The Hall–Kier alpha value is -1.69. The zero-order valence-corrected chi connectivity index (χ0v) is 11.6. The van der Waals surface area contributed by atoms with E-state index in [1.807, 2.05) is 0 Å². The first kappa shape index (κ1) is 14.7. The molecule has 1 N–H and O–H groups in total. The molecule has 1 heterocycles. The lowest BCUT2D eigenvalue weighted by Gasteiger charge is -2.30. The van der Waals surface area contributed by atoms with Gasteiger partial charge in [0.05, 0.1) is 4.92 Å². The quantitative estimate of drug-likeness (QED) is 0.666.